The normalized spacial score (nSPS) is 10.6. The molecule has 0 unspecified atom stereocenters. The average Bonchev–Trinajstić information content (AvgIpc) is 2.32. The van der Waals surface area contributed by atoms with Gasteiger partial charge in [-0.15, -0.1) is 0 Å². The van der Waals surface area contributed by atoms with Crippen LogP contribution in [0.4, 0.5) is 0 Å². The molecule has 0 bridgehead atoms. The first-order valence-electron chi connectivity index (χ1n) is 5.22. The van der Waals surface area contributed by atoms with Crippen LogP contribution in [-0.4, -0.2) is 17.6 Å². The molecule has 4 nitrogen and oxygen atoms in total. The Morgan fingerprint density at radius 2 is 2.22 bits per heavy atom. The number of carbonyl (C=O) groups excluding carboxylic acids is 1. The first-order chi connectivity index (χ1) is 8.54. The molecule has 1 heterocycles. The number of rotatable bonds is 2. The van der Waals surface area contributed by atoms with Crippen molar-refractivity contribution in [1.29, 1.82) is 0 Å². The van der Waals surface area contributed by atoms with E-state index in [9.17, 15) is 9.59 Å². The van der Waals surface area contributed by atoms with Gasteiger partial charge >= 0.3 is 5.97 Å². The highest BCUT2D eigenvalue weighted by Gasteiger charge is 2.14. The second-order valence-electron chi connectivity index (χ2n) is 3.56. The van der Waals surface area contributed by atoms with E-state index in [1.165, 1.54) is 6.20 Å². The topological polar surface area (TPSA) is 59.2 Å². The number of H-pyrrole nitrogens is 1. The number of hydrogen-bond acceptors (Lipinski definition) is 3. The van der Waals surface area contributed by atoms with Crippen molar-refractivity contribution in [1.82, 2.24) is 4.98 Å². The van der Waals surface area contributed by atoms with Crippen LogP contribution in [0, 0.1) is 0 Å². The van der Waals surface area contributed by atoms with Gasteiger partial charge in [-0.3, -0.25) is 4.79 Å². The van der Waals surface area contributed by atoms with Gasteiger partial charge in [0.15, 0.2) is 0 Å². The Morgan fingerprint density at radius 3 is 2.89 bits per heavy atom. The lowest BCUT2D eigenvalue weighted by Crippen LogP contribution is -2.18. The second kappa shape index (κ2) is 5.12. The van der Waals surface area contributed by atoms with Crippen molar-refractivity contribution >= 4 is 44.4 Å². The van der Waals surface area contributed by atoms with Crippen molar-refractivity contribution in [3.05, 3.63) is 43.6 Å². The van der Waals surface area contributed by atoms with Gasteiger partial charge in [0.1, 0.15) is 5.56 Å². The molecule has 1 aromatic heterocycles. The van der Waals surface area contributed by atoms with Gasteiger partial charge in [0.25, 0.3) is 0 Å². The quantitative estimate of drug-likeness (QED) is 0.861. The summed E-state index contributed by atoms with van der Waals surface area (Å²) in [7, 11) is 0. The first-order valence-corrected chi connectivity index (χ1v) is 6.39. The summed E-state index contributed by atoms with van der Waals surface area (Å²) >= 11 is 9.17. The predicted octanol–water partition coefficient (Wildman–Crippen LogP) is 3.12. The van der Waals surface area contributed by atoms with E-state index in [0.717, 1.165) is 0 Å². The zero-order valence-electron chi connectivity index (χ0n) is 9.42. The second-order valence-corrected chi connectivity index (χ2v) is 4.83. The largest absolute Gasteiger partial charge is 0.462 e. The van der Waals surface area contributed by atoms with E-state index in [1.807, 2.05) is 0 Å². The molecule has 0 aliphatic rings. The maximum absolute atomic E-state index is 12.1. The molecule has 0 radical (unpaired) electrons. The third kappa shape index (κ3) is 2.28. The Kier molecular flexibility index (Phi) is 3.73. The Labute approximate surface area is 116 Å². The fraction of sp³-hybridized carbons (Fsp3) is 0.167. The van der Waals surface area contributed by atoms with Crippen molar-refractivity contribution in [2.45, 2.75) is 6.92 Å². The summed E-state index contributed by atoms with van der Waals surface area (Å²) in [4.78, 5) is 26.6. The molecular weight excluding hydrogens is 321 g/mol. The van der Waals surface area contributed by atoms with Gasteiger partial charge in [0.2, 0.25) is 5.43 Å². The number of halogens is 2. The highest BCUT2D eigenvalue weighted by molar-refractivity contribution is 9.10. The summed E-state index contributed by atoms with van der Waals surface area (Å²) in [6, 6.07) is 3.20. The predicted molar refractivity (Wildman–Crippen MR) is 73.2 cm³/mol. The molecule has 94 valence electrons. The smallest absolute Gasteiger partial charge is 0.343 e. The number of pyridine rings is 1. The minimum atomic E-state index is -0.633. The fourth-order valence-electron chi connectivity index (χ4n) is 1.58. The molecule has 0 fully saturated rings. The molecule has 1 N–H and O–H groups in total. The molecule has 0 spiro atoms. The highest BCUT2D eigenvalue weighted by atomic mass is 79.9. The zero-order chi connectivity index (χ0) is 13.3. The monoisotopic (exact) mass is 329 g/mol. The summed E-state index contributed by atoms with van der Waals surface area (Å²) < 4.78 is 5.42. The molecule has 0 atom stereocenters. The van der Waals surface area contributed by atoms with E-state index in [4.69, 9.17) is 16.3 Å². The molecular formula is C12H9BrClNO3. The van der Waals surface area contributed by atoms with Crippen LogP contribution in [-0.2, 0) is 4.74 Å². The molecule has 0 amide bonds. The van der Waals surface area contributed by atoms with Crippen LogP contribution in [0.15, 0.2) is 27.6 Å². The summed E-state index contributed by atoms with van der Waals surface area (Å²) in [5, 5.41) is 0.874. The van der Waals surface area contributed by atoms with Crippen LogP contribution in [0.5, 0.6) is 0 Å². The Bertz CT molecular complexity index is 681. The van der Waals surface area contributed by atoms with Crippen LogP contribution >= 0.6 is 27.5 Å². The number of carbonyl (C=O) groups is 1. The van der Waals surface area contributed by atoms with Crippen LogP contribution < -0.4 is 5.43 Å². The van der Waals surface area contributed by atoms with Crippen LogP contribution in [0.1, 0.15) is 17.3 Å². The first kappa shape index (κ1) is 13.1. The Balaban J connectivity index is 2.68. The van der Waals surface area contributed by atoms with Gasteiger partial charge in [-0.2, -0.15) is 0 Å². The number of hydrogen-bond donors (Lipinski definition) is 1. The minimum absolute atomic E-state index is 0.0152. The van der Waals surface area contributed by atoms with E-state index in [2.05, 4.69) is 20.9 Å². The number of nitrogens with one attached hydrogen (secondary N) is 1. The summed E-state index contributed by atoms with van der Waals surface area (Å²) in [5.41, 5.74) is 0.180. The Hall–Kier alpha value is -1.33. The van der Waals surface area contributed by atoms with Gasteiger partial charge in [-0.1, -0.05) is 11.6 Å². The van der Waals surface area contributed by atoms with Gasteiger partial charge in [-0.05, 0) is 35.0 Å². The summed E-state index contributed by atoms with van der Waals surface area (Å²) in [5.74, 6) is -0.633. The van der Waals surface area contributed by atoms with E-state index in [0.29, 0.717) is 20.4 Å². The number of ether oxygens (including phenoxy) is 1. The van der Waals surface area contributed by atoms with Gasteiger partial charge in [0.05, 0.1) is 17.1 Å². The standard InChI is InChI=1S/C12H9BrClNO3/c1-2-18-12(17)7-5-15-10-4-9(14)8(13)3-6(10)11(7)16/h3-5H,2H2,1H3,(H,15,16). The maximum Gasteiger partial charge on any atom is 0.343 e. The van der Waals surface area contributed by atoms with Crippen molar-refractivity contribution in [2.24, 2.45) is 0 Å². The molecule has 18 heavy (non-hydrogen) atoms. The molecule has 0 aliphatic carbocycles. The average molecular weight is 331 g/mol. The molecule has 0 saturated heterocycles. The van der Waals surface area contributed by atoms with Crippen LogP contribution in [0.25, 0.3) is 10.9 Å². The lowest BCUT2D eigenvalue weighted by atomic mass is 10.1. The van der Waals surface area contributed by atoms with E-state index < -0.39 is 5.97 Å². The Morgan fingerprint density at radius 1 is 1.50 bits per heavy atom. The lowest BCUT2D eigenvalue weighted by Gasteiger charge is -2.04. The molecule has 0 aliphatic heterocycles. The SMILES string of the molecule is CCOC(=O)c1c[nH]c2cc(Cl)c(Br)cc2c1=O. The van der Waals surface area contributed by atoms with Crippen molar-refractivity contribution in [3.8, 4) is 0 Å². The lowest BCUT2D eigenvalue weighted by molar-refractivity contribution is 0.0524. The molecule has 2 aromatic rings. The zero-order valence-corrected chi connectivity index (χ0v) is 11.8. The fourth-order valence-corrected chi connectivity index (χ4v) is 2.08. The van der Waals surface area contributed by atoms with Crippen LogP contribution in [0.3, 0.4) is 0 Å². The van der Waals surface area contributed by atoms with Gasteiger partial charge in [-0.25, -0.2) is 4.79 Å². The third-order valence-corrected chi connectivity index (χ3v) is 3.61. The third-order valence-electron chi connectivity index (χ3n) is 2.42. The van der Waals surface area contributed by atoms with Crippen molar-refractivity contribution < 1.29 is 9.53 Å². The van der Waals surface area contributed by atoms with E-state index >= 15 is 0 Å². The number of fused-ring (bicyclic) bond motifs is 1. The van der Waals surface area contributed by atoms with Gasteiger partial charge < -0.3 is 9.72 Å². The van der Waals surface area contributed by atoms with E-state index in [1.54, 1.807) is 19.1 Å². The number of aromatic amines is 1. The van der Waals surface area contributed by atoms with Crippen molar-refractivity contribution in [2.75, 3.05) is 6.61 Å². The minimum Gasteiger partial charge on any atom is -0.462 e. The van der Waals surface area contributed by atoms with E-state index in [-0.39, 0.29) is 17.6 Å². The molecule has 6 heteroatoms. The highest BCUT2D eigenvalue weighted by Crippen LogP contribution is 2.25. The number of aromatic nitrogens is 1. The molecule has 2 rings (SSSR count). The van der Waals surface area contributed by atoms with Crippen LogP contribution in [0.2, 0.25) is 5.02 Å². The summed E-state index contributed by atoms with van der Waals surface area (Å²) in [6.07, 6.45) is 1.34. The number of benzene rings is 1. The van der Waals surface area contributed by atoms with Gasteiger partial charge in [0, 0.05) is 16.1 Å². The van der Waals surface area contributed by atoms with Crippen molar-refractivity contribution in [3.63, 3.8) is 0 Å². The maximum atomic E-state index is 12.1. The molecule has 0 saturated carbocycles. The number of esters is 1. The molecule has 1 aromatic carbocycles. The summed E-state index contributed by atoms with van der Waals surface area (Å²) in [6.45, 7) is 1.91.